The van der Waals surface area contributed by atoms with Crippen LogP contribution >= 0.6 is 15.9 Å². The molecule has 0 amide bonds. The lowest BCUT2D eigenvalue weighted by molar-refractivity contribution is 0.600. The van der Waals surface area contributed by atoms with Gasteiger partial charge >= 0.3 is 0 Å². The average molecular weight is 282 g/mol. The molecular weight excluding hydrogens is 262 g/mol. The molecule has 0 atom stereocenters. The maximum absolute atomic E-state index is 3.56. The van der Waals surface area contributed by atoms with Crippen molar-refractivity contribution in [1.29, 1.82) is 0 Å². The van der Waals surface area contributed by atoms with Crippen LogP contribution in [0, 0.1) is 0 Å². The molecule has 1 aliphatic carbocycles. The summed E-state index contributed by atoms with van der Waals surface area (Å²) in [6.07, 6.45) is 8.01. The van der Waals surface area contributed by atoms with Crippen LogP contribution in [-0.2, 0) is 6.42 Å². The van der Waals surface area contributed by atoms with E-state index in [1.165, 1.54) is 55.1 Å². The summed E-state index contributed by atoms with van der Waals surface area (Å²) in [5.74, 6) is 0. The molecule has 1 aliphatic rings. The van der Waals surface area contributed by atoms with Gasteiger partial charge in [-0.25, -0.2) is 0 Å². The standard InChI is InChI=1S/C14H20BrN/c15-13-7-5-12(6-8-13)4-2-1-3-11-16-14-9-10-14/h5-8,14,16H,1-4,9-11H2. The van der Waals surface area contributed by atoms with Crippen molar-refractivity contribution >= 4 is 15.9 Å². The Hall–Kier alpha value is -0.340. The van der Waals surface area contributed by atoms with E-state index >= 15 is 0 Å². The molecule has 0 unspecified atom stereocenters. The molecule has 0 aliphatic heterocycles. The monoisotopic (exact) mass is 281 g/mol. The topological polar surface area (TPSA) is 12.0 Å². The second kappa shape index (κ2) is 6.41. The molecule has 1 N–H and O–H groups in total. The molecule has 88 valence electrons. The Morgan fingerprint density at radius 3 is 2.50 bits per heavy atom. The van der Waals surface area contributed by atoms with Crippen molar-refractivity contribution in [2.24, 2.45) is 0 Å². The van der Waals surface area contributed by atoms with Crippen LogP contribution in [0.25, 0.3) is 0 Å². The molecule has 2 heteroatoms. The van der Waals surface area contributed by atoms with Crippen molar-refractivity contribution in [2.75, 3.05) is 6.54 Å². The largest absolute Gasteiger partial charge is 0.314 e. The SMILES string of the molecule is Brc1ccc(CCCCCNC2CC2)cc1. The van der Waals surface area contributed by atoms with Crippen LogP contribution in [-0.4, -0.2) is 12.6 Å². The molecule has 0 radical (unpaired) electrons. The minimum absolute atomic E-state index is 0.867. The molecular formula is C14H20BrN. The van der Waals surface area contributed by atoms with E-state index < -0.39 is 0 Å². The molecule has 1 aromatic carbocycles. The fraction of sp³-hybridized carbons (Fsp3) is 0.571. The minimum atomic E-state index is 0.867. The predicted octanol–water partition coefficient (Wildman–Crippen LogP) is 3.91. The summed E-state index contributed by atoms with van der Waals surface area (Å²) in [6.45, 7) is 1.21. The molecule has 1 aromatic rings. The molecule has 16 heavy (non-hydrogen) atoms. The molecule has 1 fully saturated rings. The fourth-order valence-electron chi connectivity index (χ4n) is 1.88. The van der Waals surface area contributed by atoms with E-state index in [9.17, 15) is 0 Å². The Kier molecular flexibility index (Phi) is 4.86. The quantitative estimate of drug-likeness (QED) is 0.748. The number of hydrogen-bond donors (Lipinski definition) is 1. The van der Waals surface area contributed by atoms with Gasteiger partial charge < -0.3 is 5.32 Å². The van der Waals surface area contributed by atoms with Gasteiger partial charge in [-0.15, -0.1) is 0 Å². The number of benzene rings is 1. The highest BCUT2D eigenvalue weighted by atomic mass is 79.9. The van der Waals surface area contributed by atoms with E-state index in [-0.39, 0.29) is 0 Å². The van der Waals surface area contributed by atoms with E-state index in [1.54, 1.807) is 0 Å². The third kappa shape index (κ3) is 4.67. The first-order chi connectivity index (χ1) is 7.84. The highest BCUT2D eigenvalue weighted by Gasteiger charge is 2.19. The molecule has 0 aromatic heterocycles. The van der Waals surface area contributed by atoms with E-state index in [1.807, 2.05) is 0 Å². The molecule has 0 saturated heterocycles. The minimum Gasteiger partial charge on any atom is -0.314 e. The summed E-state index contributed by atoms with van der Waals surface area (Å²) in [5.41, 5.74) is 1.46. The summed E-state index contributed by atoms with van der Waals surface area (Å²) in [4.78, 5) is 0. The average Bonchev–Trinajstić information content (AvgIpc) is 3.10. The van der Waals surface area contributed by atoms with Gasteiger partial charge in [-0.05, 0) is 56.3 Å². The lowest BCUT2D eigenvalue weighted by Crippen LogP contribution is -2.17. The first-order valence-corrected chi connectivity index (χ1v) is 7.12. The summed E-state index contributed by atoms with van der Waals surface area (Å²) < 4.78 is 1.17. The second-order valence-corrected chi connectivity index (χ2v) is 5.58. The molecule has 2 rings (SSSR count). The smallest absolute Gasteiger partial charge is 0.0175 e. The Morgan fingerprint density at radius 1 is 1.06 bits per heavy atom. The summed E-state index contributed by atoms with van der Waals surface area (Å²) in [7, 11) is 0. The van der Waals surface area contributed by atoms with Crippen molar-refractivity contribution in [3.63, 3.8) is 0 Å². The van der Waals surface area contributed by atoms with Crippen LogP contribution in [0.4, 0.5) is 0 Å². The van der Waals surface area contributed by atoms with Crippen molar-refractivity contribution in [2.45, 2.75) is 44.6 Å². The number of nitrogens with one attached hydrogen (secondary N) is 1. The highest BCUT2D eigenvalue weighted by Crippen LogP contribution is 2.18. The maximum atomic E-state index is 3.56. The van der Waals surface area contributed by atoms with Gasteiger partial charge in [-0.2, -0.15) is 0 Å². The summed E-state index contributed by atoms with van der Waals surface area (Å²) in [5, 5.41) is 3.56. The Morgan fingerprint density at radius 2 is 1.81 bits per heavy atom. The van der Waals surface area contributed by atoms with Crippen LogP contribution in [0.3, 0.4) is 0 Å². The molecule has 1 saturated carbocycles. The maximum Gasteiger partial charge on any atom is 0.0175 e. The predicted molar refractivity (Wildman–Crippen MR) is 72.7 cm³/mol. The van der Waals surface area contributed by atoms with Gasteiger partial charge in [0.1, 0.15) is 0 Å². The zero-order valence-electron chi connectivity index (χ0n) is 9.71. The van der Waals surface area contributed by atoms with Crippen LogP contribution in [0.1, 0.15) is 37.7 Å². The number of unbranched alkanes of at least 4 members (excludes halogenated alkanes) is 2. The first-order valence-electron chi connectivity index (χ1n) is 6.32. The van der Waals surface area contributed by atoms with Crippen LogP contribution < -0.4 is 5.32 Å². The van der Waals surface area contributed by atoms with Crippen molar-refractivity contribution < 1.29 is 0 Å². The lowest BCUT2D eigenvalue weighted by atomic mass is 10.1. The number of hydrogen-bond acceptors (Lipinski definition) is 1. The van der Waals surface area contributed by atoms with E-state index in [0.29, 0.717) is 0 Å². The van der Waals surface area contributed by atoms with Gasteiger partial charge in [0, 0.05) is 10.5 Å². The Bertz CT molecular complexity index is 303. The van der Waals surface area contributed by atoms with Gasteiger partial charge in [0.25, 0.3) is 0 Å². The van der Waals surface area contributed by atoms with Crippen molar-refractivity contribution in [3.05, 3.63) is 34.3 Å². The third-order valence-corrected chi connectivity index (χ3v) is 3.59. The third-order valence-electron chi connectivity index (χ3n) is 3.07. The van der Waals surface area contributed by atoms with Crippen molar-refractivity contribution in [1.82, 2.24) is 5.32 Å². The second-order valence-electron chi connectivity index (χ2n) is 4.67. The lowest BCUT2D eigenvalue weighted by Gasteiger charge is -2.03. The number of aryl methyl sites for hydroxylation is 1. The van der Waals surface area contributed by atoms with Crippen LogP contribution in [0.5, 0.6) is 0 Å². The van der Waals surface area contributed by atoms with Crippen LogP contribution in [0.15, 0.2) is 28.7 Å². The molecule has 0 spiro atoms. The van der Waals surface area contributed by atoms with Gasteiger partial charge in [0.2, 0.25) is 0 Å². The molecule has 0 heterocycles. The van der Waals surface area contributed by atoms with Gasteiger partial charge in [0.05, 0.1) is 0 Å². The van der Waals surface area contributed by atoms with E-state index in [4.69, 9.17) is 0 Å². The summed E-state index contributed by atoms with van der Waals surface area (Å²) in [6, 6.07) is 9.55. The normalized spacial score (nSPS) is 15.3. The zero-order valence-corrected chi connectivity index (χ0v) is 11.3. The highest BCUT2D eigenvalue weighted by molar-refractivity contribution is 9.10. The van der Waals surface area contributed by atoms with Crippen molar-refractivity contribution in [3.8, 4) is 0 Å². The number of halogens is 1. The molecule has 0 bridgehead atoms. The van der Waals surface area contributed by atoms with Crippen LogP contribution in [0.2, 0.25) is 0 Å². The van der Waals surface area contributed by atoms with Gasteiger partial charge in [0.15, 0.2) is 0 Å². The fourth-order valence-corrected chi connectivity index (χ4v) is 2.14. The first kappa shape index (κ1) is 12.1. The Labute approximate surface area is 107 Å². The number of rotatable bonds is 7. The molecule has 1 nitrogen and oxygen atoms in total. The summed E-state index contributed by atoms with van der Waals surface area (Å²) >= 11 is 3.46. The van der Waals surface area contributed by atoms with E-state index in [2.05, 4.69) is 45.5 Å². The van der Waals surface area contributed by atoms with Gasteiger partial charge in [-0.1, -0.05) is 34.5 Å². The van der Waals surface area contributed by atoms with E-state index in [0.717, 1.165) is 6.04 Å². The zero-order chi connectivity index (χ0) is 11.2. The Balaban J connectivity index is 1.51. The van der Waals surface area contributed by atoms with Gasteiger partial charge in [-0.3, -0.25) is 0 Å².